The highest BCUT2D eigenvalue weighted by molar-refractivity contribution is 7.89. The Hall–Kier alpha value is -2.90. The lowest BCUT2D eigenvalue weighted by Crippen LogP contribution is -2.30. The van der Waals surface area contributed by atoms with Crippen LogP contribution in [0.3, 0.4) is 0 Å². The molecular formula is C22H25N3O3S. The van der Waals surface area contributed by atoms with Crippen molar-refractivity contribution < 1.29 is 13.2 Å². The van der Waals surface area contributed by atoms with Crippen LogP contribution in [0.25, 0.3) is 10.8 Å². The molecule has 0 aromatic heterocycles. The van der Waals surface area contributed by atoms with Crippen LogP contribution in [0.15, 0.2) is 71.6 Å². The van der Waals surface area contributed by atoms with Gasteiger partial charge < -0.3 is 10.6 Å². The minimum Gasteiger partial charge on any atom is -0.376 e. The standard InChI is InChI=1S/C22H25N3O3S/c1-3-25(4-2)29(27,28)19-14-12-18(13-15-19)24-22(26)16-23-21-11-7-9-17-8-5-6-10-20(17)21/h5-15,23H,3-4,16H2,1-2H3,(H,24,26). The fraction of sp³-hybridized carbons (Fsp3) is 0.227. The molecule has 0 spiro atoms. The van der Waals surface area contributed by atoms with Gasteiger partial charge in [0, 0.05) is 29.9 Å². The predicted molar refractivity (Wildman–Crippen MR) is 118 cm³/mol. The number of sulfonamides is 1. The molecule has 152 valence electrons. The van der Waals surface area contributed by atoms with Crippen molar-refractivity contribution in [1.29, 1.82) is 0 Å². The van der Waals surface area contributed by atoms with Gasteiger partial charge in [0.2, 0.25) is 15.9 Å². The van der Waals surface area contributed by atoms with Gasteiger partial charge in [-0.3, -0.25) is 4.79 Å². The van der Waals surface area contributed by atoms with Gasteiger partial charge in [0.15, 0.2) is 0 Å². The van der Waals surface area contributed by atoms with Crippen LogP contribution in [0.4, 0.5) is 11.4 Å². The molecule has 3 aromatic rings. The molecule has 0 saturated heterocycles. The van der Waals surface area contributed by atoms with Crippen molar-refractivity contribution in [3.63, 3.8) is 0 Å². The Morgan fingerprint density at radius 2 is 1.55 bits per heavy atom. The first-order chi connectivity index (χ1) is 14.0. The molecule has 0 radical (unpaired) electrons. The summed E-state index contributed by atoms with van der Waals surface area (Å²) in [5.41, 5.74) is 1.44. The molecule has 0 aliphatic heterocycles. The summed E-state index contributed by atoms with van der Waals surface area (Å²) in [7, 11) is -3.51. The van der Waals surface area contributed by atoms with Crippen molar-refractivity contribution in [2.45, 2.75) is 18.7 Å². The molecule has 0 fully saturated rings. The van der Waals surface area contributed by atoms with Crippen LogP contribution in [-0.4, -0.2) is 38.3 Å². The lowest BCUT2D eigenvalue weighted by atomic mass is 10.1. The molecule has 7 heteroatoms. The molecule has 0 heterocycles. The summed E-state index contributed by atoms with van der Waals surface area (Å²) < 4.78 is 26.4. The summed E-state index contributed by atoms with van der Waals surface area (Å²) in [4.78, 5) is 12.5. The summed E-state index contributed by atoms with van der Waals surface area (Å²) in [6, 6.07) is 20.1. The molecule has 0 aliphatic carbocycles. The Morgan fingerprint density at radius 3 is 2.24 bits per heavy atom. The van der Waals surface area contributed by atoms with Gasteiger partial charge in [0.05, 0.1) is 11.4 Å². The van der Waals surface area contributed by atoms with Crippen LogP contribution >= 0.6 is 0 Å². The first-order valence-electron chi connectivity index (χ1n) is 9.57. The predicted octanol–water partition coefficient (Wildman–Crippen LogP) is 3.92. The van der Waals surface area contributed by atoms with Gasteiger partial charge >= 0.3 is 0 Å². The summed E-state index contributed by atoms with van der Waals surface area (Å²) in [5, 5.41) is 8.09. The third-order valence-electron chi connectivity index (χ3n) is 4.71. The molecule has 2 N–H and O–H groups in total. The zero-order chi connectivity index (χ0) is 20.9. The second-order valence-corrected chi connectivity index (χ2v) is 8.48. The third kappa shape index (κ3) is 4.75. The molecule has 0 saturated carbocycles. The Morgan fingerprint density at radius 1 is 0.897 bits per heavy atom. The van der Waals surface area contributed by atoms with E-state index in [1.807, 2.05) is 42.5 Å². The van der Waals surface area contributed by atoms with Crippen LogP contribution in [0.2, 0.25) is 0 Å². The first kappa shape index (κ1) is 20.8. The Kier molecular flexibility index (Phi) is 6.51. The van der Waals surface area contributed by atoms with Gasteiger partial charge in [-0.25, -0.2) is 8.42 Å². The lowest BCUT2D eigenvalue weighted by Gasteiger charge is -2.18. The average molecular weight is 412 g/mol. The van der Waals surface area contributed by atoms with E-state index in [0.29, 0.717) is 18.8 Å². The largest absolute Gasteiger partial charge is 0.376 e. The molecule has 0 bridgehead atoms. The minimum absolute atomic E-state index is 0.105. The molecule has 0 atom stereocenters. The summed E-state index contributed by atoms with van der Waals surface area (Å²) in [6.45, 7) is 4.54. The number of rotatable bonds is 8. The van der Waals surface area contributed by atoms with Crippen molar-refractivity contribution >= 4 is 38.1 Å². The van der Waals surface area contributed by atoms with Gasteiger partial charge in [-0.05, 0) is 35.7 Å². The van der Waals surface area contributed by atoms with Crippen LogP contribution in [-0.2, 0) is 14.8 Å². The Balaban J connectivity index is 1.64. The number of benzene rings is 3. The zero-order valence-electron chi connectivity index (χ0n) is 16.6. The van der Waals surface area contributed by atoms with Crippen molar-refractivity contribution in [2.24, 2.45) is 0 Å². The van der Waals surface area contributed by atoms with E-state index in [0.717, 1.165) is 16.5 Å². The number of anilines is 2. The van der Waals surface area contributed by atoms with E-state index in [1.165, 1.54) is 16.4 Å². The molecule has 0 aliphatic rings. The molecule has 1 amide bonds. The second-order valence-electron chi connectivity index (χ2n) is 6.54. The van der Waals surface area contributed by atoms with Crippen LogP contribution in [0.5, 0.6) is 0 Å². The number of fused-ring (bicyclic) bond motifs is 1. The monoisotopic (exact) mass is 411 g/mol. The topological polar surface area (TPSA) is 78.5 Å². The summed E-state index contributed by atoms with van der Waals surface area (Å²) >= 11 is 0. The number of carbonyl (C=O) groups excluding carboxylic acids is 1. The number of carbonyl (C=O) groups is 1. The number of amides is 1. The first-order valence-corrected chi connectivity index (χ1v) is 11.0. The van der Waals surface area contributed by atoms with E-state index in [9.17, 15) is 13.2 Å². The van der Waals surface area contributed by atoms with E-state index < -0.39 is 10.0 Å². The van der Waals surface area contributed by atoms with Crippen molar-refractivity contribution in [3.8, 4) is 0 Å². The molecule has 3 rings (SSSR count). The fourth-order valence-electron chi connectivity index (χ4n) is 3.18. The Labute approximate surface area is 171 Å². The molecular weight excluding hydrogens is 386 g/mol. The van der Waals surface area contributed by atoms with Crippen LogP contribution in [0, 0.1) is 0 Å². The minimum atomic E-state index is -3.51. The molecule has 29 heavy (non-hydrogen) atoms. The lowest BCUT2D eigenvalue weighted by molar-refractivity contribution is -0.114. The highest BCUT2D eigenvalue weighted by Crippen LogP contribution is 2.23. The number of nitrogens with zero attached hydrogens (tertiary/aromatic N) is 1. The number of hydrogen-bond acceptors (Lipinski definition) is 4. The third-order valence-corrected chi connectivity index (χ3v) is 6.77. The van der Waals surface area contributed by atoms with Gasteiger partial charge in [0.1, 0.15) is 0 Å². The average Bonchev–Trinajstić information content (AvgIpc) is 2.73. The van der Waals surface area contributed by atoms with Crippen LogP contribution in [0.1, 0.15) is 13.8 Å². The van der Waals surface area contributed by atoms with Crippen molar-refractivity contribution in [1.82, 2.24) is 4.31 Å². The molecule has 0 unspecified atom stereocenters. The maximum absolute atomic E-state index is 12.5. The van der Waals surface area contributed by atoms with Gasteiger partial charge in [-0.15, -0.1) is 0 Å². The summed E-state index contributed by atoms with van der Waals surface area (Å²) in [6.07, 6.45) is 0. The van der Waals surface area contributed by atoms with Gasteiger partial charge in [-0.1, -0.05) is 50.2 Å². The zero-order valence-corrected chi connectivity index (χ0v) is 17.4. The quantitative estimate of drug-likeness (QED) is 0.589. The van der Waals surface area contributed by atoms with E-state index in [1.54, 1.807) is 26.0 Å². The van der Waals surface area contributed by atoms with Gasteiger partial charge in [-0.2, -0.15) is 4.31 Å². The van der Waals surface area contributed by atoms with Crippen LogP contribution < -0.4 is 10.6 Å². The number of nitrogens with one attached hydrogen (secondary N) is 2. The fourth-order valence-corrected chi connectivity index (χ4v) is 4.64. The van der Waals surface area contributed by atoms with E-state index in [-0.39, 0.29) is 17.3 Å². The van der Waals surface area contributed by atoms with E-state index in [2.05, 4.69) is 10.6 Å². The van der Waals surface area contributed by atoms with Gasteiger partial charge in [0.25, 0.3) is 0 Å². The van der Waals surface area contributed by atoms with E-state index >= 15 is 0 Å². The maximum Gasteiger partial charge on any atom is 0.243 e. The molecule has 6 nitrogen and oxygen atoms in total. The highest BCUT2D eigenvalue weighted by Gasteiger charge is 2.21. The normalized spacial score (nSPS) is 11.6. The van der Waals surface area contributed by atoms with E-state index in [4.69, 9.17) is 0 Å². The summed E-state index contributed by atoms with van der Waals surface area (Å²) in [5.74, 6) is -0.211. The second kappa shape index (κ2) is 9.07. The highest BCUT2D eigenvalue weighted by atomic mass is 32.2. The smallest absolute Gasteiger partial charge is 0.243 e. The van der Waals surface area contributed by atoms with Crippen molar-refractivity contribution in [3.05, 3.63) is 66.7 Å². The maximum atomic E-state index is 12.5. The SMILES string of the molecule is CCN(CC)S(=O)(=O)c1ccc(NC(=O)CNc2cccc3ccccc23)cc1. The number of hydrogen-bond donors (Lipinski definition) is 2. The Bertz CT molecular complexity index is 1090. The van der Waals surface area contributed by atoms with Crippen molar-refractivity contribution in [2.75, 3.05) is 30.3 Å². The molecule has 3 aromatic carbocycles.